The summed E-state index contributed by atoms with van der Waals surface area (Å²) in [4.78, 5) is 6.45. The third-order valence-electron chi connectivity index (χ3n) is 3.89. The molecule has 6 heteroatoms. The molecule has 2 N–H and O–H groups in total. The quantitative estimate of drug-likeness (QED) is 0.883. The SMILES string of the molecule is CC1CCC(C2CN=C(N)N2c2ccc(Cl)c(Br)c2)O1. The molecule has 0 radical (unpaired) electrons. The lowest BCUT2D eigenvalue weighted by atomic mass is 10.1. The lowest BCUT2D eigenvalue weighted by molar-refractivity contribution is 0.0440. The van der Waals surface area contributed by atoms with Gasteiger partial charge in [0.2, 0.25) is 0 Å². The van der Waals surface area contributed by atoms with E-state index in [9.17, 15) is 0 Å². The van der Waals surface area contributed by atoms with Crippen molar-refractivity contribution in [3.8, 4) is 0 Å². The topological polar surface area (TPSA) is 50.8 Å². The molecular formula is C14H17BrClN3O. The first kappa shape index (κ1) is 14.2. The molecule has 1 aromatic carbocycles. The first-order valence-electron chi connectivity index (χ1n) is 6.76. The maximum absolute atomic E-state index is 6.06. The van der Waals surface area contributed by atoms with Gasteiger partial charge in [0.15, 0.2) is 5.96 Å². The second kappa shape index (κ2) is 5.54. The van der Waals surface area contributed by atoms with Crippen LogP contribution in [0.15, 0.2) is 27.7 Å². The van der Waals surface area contributed by atoms with E-state index in [0.29, 0.717) is 23.6 Å². The molecule has 0 amide bonds. The van der Waals surface area contributed by atoms with Crippen LogP contribution in [0.1, 0.15) is 19.8 Å². The number of hydrogen-bond acceptors (Lipinski definition) is 4. The molecule has 3 atom stereocenters. The van der Waals surface area contributed by atoms with E-state index >= 15 is 0 Å². The van der Waals surface area contributed by atoms with Crippen LogP contribution in [0.25, 0.3) is 0 Å². The van der Waals surface area contributed by atoms with Crippen molar-refractivity contribution >= 4 is 39.2 Å². The number of rotatable bonds is 2. The van der Waals surface area contributed by atoms with Crippen LogP contribution in [0.5, 0.6) is 0 Å². The van der Waals surface area contributed by atoms with Gasteiger partial charge in [0.05, 0.1) is 29.8 Å². The molecule has 0 aliphatic carbocycles. The maximum atomic E-state index is 6.06. The molecule has 0 bridgehead atoms. The summed E-state index contributed by atoms with van der Waals surface area (Å²) in [5.41, 5.74) is 7.06. The Labute approximate surface area is 132 Å². The molecule has 1 aromatic rings. The number of anilines is 1. The van der Waals surface area contributed by atoms with Gasteiger partial charge in [-0.05, 0) is 53.9 Å². The normalized spacial score (nSPS) is 29.9. The summed E-state index contributed by atoms with van der Waals surface area (Å²) < 4.78 is 6.85. The lowest BCUT2D eigenvalue weighted by Crippen LogP contribution is -2.47. The van der Waals surface area contributed by atoms with Gasteiger partial charge in [-0.25, -0.2) is 0 Å². The number of guanidine groups is 1. The van der Waals surface area contributed by atoms with Crippen LogP contribution in [0, 0.1) is 0 Å². The molecule has 4 nitrogen and oxygen atoms in total. The van der Waals surface area contributed by atoms with E-state index in [1.807, 2.05) is 18.2 Å². The van der Waals surface area contributed by atoms with Crippen molar-refractivity contribution in [1.82, 2.24) is 0 Å². The predicted molar refractivity (Wildman–Crippen MR) is 85.5 cm³/mol. The third-order valence-corrected chi connectivity index (χ3v) is 5.11. The summed E-state index contributed by atoms with van der Waals surface area (Å²) in [6, 6.07) is 5.98. The van der Waals surface area contributed by atoms with E-state index in [1.54, 1.807) is 0 Å². The zero-order chi connectivity index (χ0) is 14.3. The number of nitrogens with two attached hydrogens (primary N) is 1. The molecule has 2 aliphatic heterocycles. The van der Waals surface area contributed by atoms with E-state index < -0.39 is 0 Å². The Kier molecular flexibility index (Phi) is 3.93. The average Bonchev–Trinajstić information content (AvgIpc) is 2.99. The van der Waals surface area contributed by atoms with Gasteiger partial charge in [0, 0.05) is 10.2 Å². The molecule has 0 aromatic heterocycles. The van der Waals surface area contributed by atoms with Crippen molar-refractivity contribution in [1.29, 1.82) is 0 Å². The fraction of sp³-hybridized carbons (Fsp3) is 0.500. The highest BCUT2D eigenvalue weighted by Gasteiger charge is 2.38. The molecule has 108 valence electrons. The van der Waals surface area contributed by atoms with Crippen LogP contribution in [-0.2, 0) is 4.74 Å². The molecule has 2 aliphatic rings. The maximum Gasteiger partial charge on any atom is 0.196 e. The number of halogens is 2. The number of hydrogen-bond donors (Lipinski definition) is 1. The number of nitrogens with zero attached hydrogens (tertiary/aromatic N) is 2. The van der Waals surface area contributed by atoms with Crippen molar-refractivity contribution in [3.63, 3.8) is 0 Å². The van der Waals surface area contributed by atoms with Gasteiger partial charge in [0.25, 0.3) is 0 Å². The highest BCUT2D eigenvalue weighted by molar-refractivity contribution is 9.10. The van der Waals surface area contributed by atoms with Gasteiger partial charge in [0.1, 0.15) is 0 Å². The standard InChI is InChI=1S/C14H17BrClN3O/c1-8-2-5-13(20-8)12-7-18-14(17)19(12)9-3-4-11(16)10(15)6-9/h3-4,6,8,12-13H,2,5,7H2,1H3,(H2,17,18). The zero-order valence-electron chi connectivity index (χ0n) is 11.2. The van der Waals surface area contributed by atoms with E-state index in [-0.39, 0.29) is 12.1 Å². The van der Waals surface area contributed by atoms with E-state index in [0.717, 1.165) is 23.0 Å². The molecule has 20 heavy (non-hydrogen) atoms. The predicted octanol–water partition coefficient (Wildman–Crippen LogP) is 3.17. The Morgan fingerprint density at radius 3 is 2.90 bits per heavy atom. The van der Waals surface area contributed by atoms with Gasteiger partial charge in [-0.15, -0.1) is 0 Å². The molecule has 1 fully saturated rings. The third kappa shape index (κ3) is 2.54. The molecule has 0 spiro atoms. The van der Waals surface area contributed by atoms with Crippen molar-refractivity contribution < 1.29 is 4.74 Å². The molecule has 2 heterocycles. The van der Waals surface area contributed by atoms with Crippen LogP contribution in [0.2, 0.25) is 5.02 Å². The summed E-state index contributed by atoms with van der Waals surface area (Å²) in [5.74, 6) is 0.548. The number of benzene rings is 1. The second-order valence-electron chi connectivity index (χ2n) is 5.30. The summed E-state index contributed by atoms with van der Waals surface area (Å²) in [7, 11) is 0. The van der Waals surface area contributed by atoms with Crippen molar-refractivity contribution in [3.05, 3.63) is 27.7 Å². The van der Waals surface area contributed by atoms with E-state index in [2.05, 4.69) is 32.7 Å². The van der Waals surface area contributed by atoms with Crippen LogP contribution in [0.3, 0.4) is 0 Å². The fourth-order valence-electron chi connectivity index (χ4n) is 2.87. The summed E-state index contributed by atoms with van der Waals surface area (Å²) >= 11 is 9.51. The van der Waals surface area contributed by atoms with Crippen molar-refractivity contribution in [2.45, 2.75) is 38.0 Å². The Hall–Kier alpha value is -0.780. The molecule has 1 saturated heterocycles. The molecule has 3 unspecified atom stereocenters. The first-order chi connectivity index (χ1) is 9.56. The molecular weight excluding hydrogens is 342 g/mol. The first-order valence-corrected chi connectivity index (χ1v) is 7.93. The smallest absolute Gasteiger partial charge is 0.196 e. The Morgan fingerprint density at radius 2 is 2.25 bits per heavy atom. The largest absolute Gasteiger partial charge is 0.373 e. The fourth-order valence-corrected chi connectivity index (χ4v) is 3.36. The van der Waals surface area contributed by atoms with Crippen LogP contribution in [-0.4, -0.2) is 30.8 Å². The van der Waals surface area contributed by atoms with Gasteiger partial charge in [-0.2, -0.15) is 0 Å². The Morgan fingerprint density at radius 1 is 1.45 bits per heavy atom. The summed E-state index contributed by atoms with van der Waals surface area (Å²) in [6.45, 7) is 2.80. The van der Waals surface area contributed by atoms with Crippen LogP contribution >= 0.6 is 27.5 Å². The summed E-state index contributed by atoms with van der Waals surface area (Å²) in [6.07, 6.45) is 2.66. The van der Waals surface area contributed by atoms with Crippen molar-refractivity contribution in [2.24, 2.45) is 10.7 Å². The minimum absolute atomic E-state index is 0.174. The zero-order valence-corrected chi connectivity index (χ0v) is 13.6. The van der Waals surface area contributed by atoms with Gasteiger partial charge >= 0.3 is 0 Å². The Balaban J connectivity index is 1.88. The highest BCUT2D eigenvalue weighted by atomic mass is 79.9. The van der Waals surface area contributed by atoms with Crippen LogP contribution < -0.4 is 10.6 Å². The van der Waals surface area contributed by atoms with Gasteiger partial charge in [-0.3, -0.25) is 4.99 Å². The lowest BCUT2D eigenvalue weighted by Gasteiger charge is -2.30. The number of ether oxygens (including phenoxy) is 1. The Bertz CT molecular complexity index is 551. The minimum Gasteiger partial charge on any atom is -0.373 e. The van der Waals surface area contributed by atoms with Gasteiger partial charge < -0.3 is 15.4 Å². The van der Waals surface area contributed by atoms with Crippen LogP contribution in [0.4, 0.5) is 5.69 Å². The van der Waals surface area contributed by atoms with E-state index in [4.69, 9.17) is 22.1 Å². The van der Waals surface area contributed by atoms with Gasteiger partial charge in [-0.1, -0.05) is 11.6 Å². The van der Waals surface area contributed by atoms with Crippen molar-refractivity contribution in [2.75, 3.05) is 11.4 Å². The summed E-state index contributed by atoms with van der Waals surface area (Å²) in [5, 5.41) is 0.686. The molecule has 0 saturated carbocycles. The highest BCUT2D eigenvalue weighted by Crippen LogP contribution is 2.33. The minimum atomic E-state index is 0.174. The monoisotopic (exact) mass is 357 g/mol. The second-order valence-corrected chi connectivity index (χ2v) is 6.56. The van der Waals surface area contributed by atoms with E-state index in [1.165, 1.54) is 0 Å². The average molecular weight is 359 g/mol. The molecule has 3 rings (SSSR count). The number of aliphatic imine (C=N–C) groups is 1.